The molecule has 5 heteroatoms. The summed E-state index contributed by atoms with van der Waals surface area (Å²) in [5.41, 5.74) is 6.85. The molecule has 0 aromatic heterocycles. The quantitative estimate of drug-likeness (QED) is 0.543. The molecule has 0 heterocycles. The third-order valence-electron chi connectivity index (χ3n) is 2.70. The number of rotatable bonds is 2. The molecule has 0 aliphatic heterocycles. The molecule has 1 amide bonds. The van der Waals surface area contributed by atoms with Gasteiger partial charge in [0.15, 0.2) is 0 Å². The minimum absolute atomic E-state index is 0.0570. The minimum Gasteiger partial charge on any atom is -0.507 e. The number of benzene rings is 2. The van der Waals surface area contributed by atoms with E-state index in [1.807, 2.05) is 6.07 Å². The maximum Gasteiger partial charge on any atom is 0.259 e. The minimum atomic E-state index is -0.381. The van der Waals surface area contributed by atoms with Crippen molar-refractivity contribution < 1.29 is 9.90 Å². The summed E-state index contributed by atoms with van der Waals surface area (Å²) in [4.78, 5) is 12.3. The van der Waals surface area contributed by atoms with Gasteiger partial charge in [0.05, 0.1) is 17.8 Å². The van der Waals surface area contributed by atoms with Crippen molar-refractivity contribution in [1.29, 1.82) is 0 Å². The third-order valence-corrected chi connectivity index (χ3v) is 3.37. The van der Waals surface area contributed by atoms with Crippen LogP contribution in [0.15, 0.2) is 42.5 Å². The van der Waals surface area contributed by atoms with Gasteiger partial charge in [0.2, 0.25) is 0 Å². The zero-order chi connectivity index (χ0) is 15.2. The van der Waals surface area contributed by atoms with Gasteiger partial charge < -0.3 is 16.2 Å². The summed E-state index contributed by atoms with van der Waals surface area (Å²) in [5.74, 6) is 5.22. The second-order valence-corrected chi connectivity index (χ2v) is 5.41. The predicted molar refractivity (Wildman–Crippen MR) is 91.2 cm³/mol. The van der Waals surface area contributed by atoms with Crippen molar-refractivity contribution in [2.75, 3.05) is 11.9 Å². The van der Waals surface area contributed by atoms with Crippen molar-refractivity contribution in [1.82, 2.24) is 0 Å². The van der Waals surface area contributed by atoms with Gasteiger partial charge in [0, 0.05) is 9.13 Å². The number of anilines is 1. The zero-order valence-corrected chi connectivity index (χ0v) is 13.2. The average Bonchev–Trinajstić information content (AvgIpc) is 2.48. The summed E-state index contributed by atoms with van der Waals surface area (Å²) in [6.45, 7) is 0.250. The standard InChI is InChI=1S/C16H13IN2O2/c17-12-7-8-15(20)13(10-12)16(21)19-14-6-2-1-4-11(14)5-3-9-18/h1-2,4,6-8,10,20H,9,18H2,(H,19,21). The van der Waals surface area contributed by atoms with Crippen LogP contribution < -0.4 is 11.1 Å². The molecule has 2 rings (SSSR count). The van der Waals surface area contributed by atoms with Crippen LogP contribution >= 0.6 is 22.6 Å². The Morgan fingerprint density at radius 3 is 2.81 bits per heavy atom. The Morgan fingerprint density at radius 1 is 1.29 bits per heavy atom. The highest BCUT2D eigenvalue weighted by atomic mass is 127. The molecule has 0 atom stereocenters. The van der Waals surface area contributed by atoms with Gasteiger partial charge in [-0.1, -0.05) is 24.0 Å². The molecule has 0 aliphatic carbocycles. The zero-order valence-electron chi connectivity index (χ0n) is 11.1. The van der Waals surface area contributed by atoms with Crippen LogP contribution in [0.1, 0.15) is 15.9 Å². The molecule has 4 nitrogen and oxygen atoms in total. The number of nitrogens with one attached hydrogen (secondary N) is 1. The normalized spacial score (nSPS) is 9.62. The van der Waals surface area contributed by atoms with Crippen LogP contribution in [0.2, 0.25) is 0 Å². The van der Waals surface area contributed by atoms with Gasteiger partial charge in [-0.25, -0.2) is 0 Å². The summed E-state index contributed by atoms with van der Waals surface area (Å²) in [6.07, 6.45) is 0. The van der Waals surface area contributed by atoms with Crippen LogP contribution in [0.5, 0.6) is 5.75 Å². The Bertz CT molecular complexity index is 733. The Hall–Kier alpha value is -2.04. The van der Waals surface area contributed by atoms with E-state index in [1.165, 1.54) is 6.07 Å². The van der Waals surface area contributed by atoms with E-state index in [9.17, 15) is 9.90 Å². The summed E-state index contributed by atoms with van der Waals surface area (Å²) in [7, 11) is 0. The van der Waals surface area contributed by atoms with E-state index < -0.39 is 0 Å². The van der Waals surface area contributed by atoms with Gasteiger partial charge in [-0.3, -0.25) is 4.79 Å². The average molecular weight is 392 g/mol. The van der Waals surface area contributed by atoms with Crippen LogP contribution in [-0.2, 0) is 0 Å². The summed E-state index contributed by atoms with van der Waals surface area (Å²) in [5, 5.41) is 12.5. The SMILES string of the molecule is NCC#Cc1ccccc1NC(=O)c1cc(I)ccc1O. The van der Waals surface area contributed by atoms with Crippen molar-refractivity contribution in [3.8, 4) is 17.6 Å². The monoisotopic (exact) mass is 392 g/mol. The molecule has 0 fully saturated rings. The van der Waals surface area contributed by atoms with E-state index in [0.717, 1.165) is 3.57 Å². The highest BCUT2D eigenvalue weighted by Crippen LogP contribution is 2.22. The number of hydrogen-bond donors (Lipinski definition) is 3. The predicted octanol–water partition coefficient (Wildman–Crippen LogP) is 2.56. The van der Waals surface area contributed by atoms with E-state index in [4.69, 9.17) is 5.73 Å². The molecule has 0 radical (unpaired) electrons. The topological polar surface area (TPSA) is 75.3 Å². The fraction of sp³-hybridized carbons (Fsp3) is 0.0625. The highest BCUT2D eigenvalue weighted by molar-refractivity contribution is 14.1. The van der Waals surface area contributed by atoms with Crippen LogP contribution in [0.25, 0.3) is 0 Å². The molecule has 4 N–H and O–H groups in total. The summed E-state index contributed by atoms with van der Waals surface area (Å²) < 4.78 is 0.867. The number of phenols is 1. The maximum atomic E-state index is 12.3. The second kappa shape index (κ2) is 7.11. The molecule has 0 bridgehead atoms. The molecule has 0 unspecified atom stereocenters. The third kappa shape index (κ3) is 3.97. The first-order chi connectivity index (χ1) is 10.1. The van der Waals surface area contributed by atoms with Crippen molar-refractivity contribution in [3.63, 3.8) is 0 Å². The largest absolute Gasteiger partial charge is 0.507 e. The lowest BCUT2D eigenvalue weighted by molar-refractivity contribution is 0.102. The Kier molecular flexibility index (Phi) is 5.20. The van der Waals surface area contributed by atoms with E-state index in [-0.39, 0.29) is 23.8 Å². The number of aromatic hydroxyl groups is 1. The van der Waals surface area contributed by atoms with E-state index >= 15 is 0 Å². The van der Waals surface area contributed by atoms with Crippen LogP contribution in [0.4, 0.5) is 5.69 Å². The molecule has 0 aliphatic rings. The van der Waals surface area contributed by atoms with Crippen LogP contribution in [0, 0.1) is 15.4 Å². The fourth-order valence-corrected chi connectivity index (χ4v) is 2.22. The number of carbonyl (C=O) groups excluding carboxylic acids is 1. The molecular formula is C16H13IN2O2. The Morgan fingerprint density at radius 2 is 2.05 bits per heavy atom. The molecule has 2 aromatic rings. The number of carbonyl (C=O) groups is 1. The van der Waals surface area contributed by atoms with E-state index in [0.29, 0.717) is 11.3 Å². The first kappa shape index (κ1) is 15.4. The number of nitrogens with two attached hydrogens (primary N) is 1. The van der Waals surface area contributed by atoms with Gasteiger partial charge in [-0.05, 0) is 52.9 Å². The van der Waals surface area contributed by atoms with Gasteiger partial charge in [-0.2, -0.15) is 0 Å². The molecule has 2 aromatic carbocycles. The number of halogens is 1. The van der Waals surface area contributed by atoms with E-state index in [1.54, 1.807) is 30.3 Å². The van der Waals surface area contributed by atoms with Crippen molar-refractivity contribution in [2.45, 2.75) is 0 Å². The Balaban J connectivity index is 2.30. The van der Waals surface area contributed by atoms with Crippen LogP contribution in [0.3, 0.4) is 0 Å². The van der Waals surface area contributed by atoms with Gasteiger partial charge >= 0.3 is 0 Å². The lowest BCUT2D eigenvalue weighted by Gasteiger charge is -2.09. The lowest BCUT2D eigenvalue weighted by Crippen LogP contribution is -2.13. The molecule has 0 spiro atoms. The Labute approximate surface area is 136 Å². The first-order valence-corrected chi connectivity index (χ1v) is 7.27. The van der Waals surface area contributed by atoms with Crippen molar-refractivity contribution >= 4 is 34.2 Å². The number of phenolic OH excluding ortho intramolecular Hbond substituents is 1. The molecule has 21 heavy (non-hydrogen) atoms. The number of para-hydroxylation sites is 1. The fourth-order valence-electron chi connectivity index (χ4n) is 1.73. The van der Waals surface area contributed by atoms with Crippen molar-refractivity contribution in [3.05, 3.63) is 57.2 Å². The van der Waals surface area contributed by atoms with Gasteiger partial charge in [0.1, 0.15) is 5.75 Å². The maximum absolute atomic E-state index is 12.3. The molecule has 106 valence electrons. The summed E-state index contributed by atoms with van der Waals surface area (Å²) in [6, 6.07) is 12.0. The van der Waals surface area contributed by atoms with Crippen LogP contribution in [-0.4, -0.2) is 17.6 Å². The lowest BCUT2D eigenvalue weighted by atomic mass is 10.1. The molecular weight excluding hydrogens is 379 g/mol. The van der Waals surface area contributed by atoms with Gasteiger partial charge in [-0.15, -0.1) is 0 Å². The van der Waals surface area contributed by atoms with Gasteiger partial charge in [0.25, 0.3) is 5.91 Å². The molecule has 0 saturated heterocycles. The highest BCUT2D eigenvalue weighted by Gasteiger charge is 2.13. The number of amides is 1. The van der Waals surface area contributed by atoms with Crippen molar-refractivity contribution in [2.24, 2.45) is 5.73 Å². The number of hydrogen-bond acceptors (Lipinski definition) is 3. The summed E-state index contributed by atoms with van der Waals surface area (Å²) >= 11 is 2.08. The smallest absolute Gasteiger partial charge is 0.259 e. The first-order valence-electron chi connectivity index (χ1n) is 6.19. The second-order valence-electron chi connectivity index (χ2n) is 4.17. The molecule has 0 saturated carbocycles. The van der Waals surface area contributed by atoms with E-state index in [2.05, 4.69) is 39.7 Å².